The van der Waals surface area contributed by atoms with Crippen LogP contribution in [0.5, 0.6) is 0 Å². The van der Waals surface area contributed by atoms with Gasteiger partial charge in [0.2, 0.25) is 0 Å². The Morgan fingerprint density at radius 2 is 2.14 bits per heavy atom. The minimum atomic E-state index is 0.257. The second kappa shape index (κ2) is 7.76. The average Bonchev–Trinajstić information content (AvgIpc) is 2.11. The summed E-state index contributed by atoms with van der Waals surface area (Å²) >= 11 is 0. The van der Waals surface area contributed by atoms with Crippen LogP contribution in [0.25, 0.3) is 0 Å². The molecule has 0 amide bonds. The van der Waals surface area contributed by atoms with E-state index < -0.39 is 0 Å². The summed E-state index contributed by atoms with van der Waals surface area (Å²) in [5.74, 6) is 0.257. The molecule has 84 valence electrons. The number of ether oxygens (including phenoxy) is 1. The molecule has 1 atom stereocenters. The van der Waals surface area contributed by atoms with E-state index in [9.17, 15) is 0 Å². The Kier molecular flexibility index (Phi) is 7.42. The predicted octanol–water partition coefficient (Wildman–Crippen LogP) is 1.06. The molecule has 0 spiro atoms. The molecule has 1 unspecified atom stereocenters. The standard InChI is InChI=1S/C10H23N3O/c1-4-13(6-7-14-5-2)9(3)8-10(11)12/h9H,4-8H2,1-3H3,(H3,11,12). The van der Waals surface area contributed by atoms with Crippen LogP contribution in [0.1, 0.15) is 27.2 Å². The predicted molar refractivity (Wildman–Crippen MR) is 59.7 cm³/mol. The third kappa shape index (κ3) is 5.94. The van der Waals surface area contributed by atoms with Gasteiger partial charge in [-0.1, -0.05) is 6.92 Å². The molecule has 0 radical (unpaired) electrons. The Balaban J connectivity index is 3.80. The summed E-state index contributed by atoms with van der Waals surface area (Å²) < 4.78 is 5.29. The van der Waals surface area contributed by atoms with Gasteiger partial charge in [-0.25, -0.2) is 0 Å². The van der Waals surface area contributed by atoms with Crippen molar-refractivity contribution in [3.63, 3.8) is 0 Å². The molecule has 0 heterocycles. The lowest BCUT2D eigenvalue weighted by atomic mass is 10.2. The number of likely N-dealkylation sites (N-methyl/N-ethyl adjacent to an activating group) is 1. The Bertz CT molecular complexity index is 161. The smallest absolute Gasteiger partial charge is 0.0920 e. The Labute approximate surface area is 86.9 Å². The van der Waals surface area contributed by atoms with Crippen molar-refractivity contribution in [3.8, 4) is 0 Å². The molecular weight excluding hydrogens is 178 g/mol. The summed E-state index contributed by atoms with van der Waals surface area (Å²) in [7, 11) is 0. The maximum absolute atomic E-state index is 7.23. The second-order valence-electron chi connectivity index (χ2n) is 3.40. The van der Waals surface area contributed by atoms with Crippen molar-refractivity contribution in [1.82, 2.24) is 4.90 Å². The van der Waals surface area contributed by atoms with E-state index in [4.69, 9.17) is 15.9 Å². The first-order valence-corrected chi connectivity index (χ1v) is 5.26. The van der Waals surface area contributed by atoms with Gasteiger partial charge < -0.3 is 10.5 Å². The lowest BCUT2D eigenvalue weighted by Gasteiger charge is -2.27. The summed E-state index contributed by atoms with van der Waals surface area (Å²) in [4.78, 5) is 2.27. The van der Waals surface area contributed by atoms with Gasteiger partial charge in [0.1, 0.15) is 0 Å². The molecule has 0 aromatic rings. The zero-order valence-electron chi connectivity index (χ0n) is 9.55. The van der Waals surface area contributed by atoms with Gasteiger partial charge in [-0.3, -0.25) is 10.3 Å². The molecule has 0 aliphatic heterocycles. The van der Waals surface area contributed by atoms with Gasteiger partial charge in [-0.15, -0.1) is 0 Å². The van der Waals surface area contributed by atoms with Crippen molar-refractivity contribution in [2.24, 2.45) is 5.73 Å². The molecule has 4 heteroatoms. The van der Waals surface area contributed by atoms with Crippen LogP contribution in [-0.2, 0) is 4.74 Å². The normalized spacial score (nSPS) is 13.1. The fourth-order valence-electron chi connectivity index (χ4n) is 1.46. The second-order valence-corrected chi connectivity index (χ2v) is 3.40. The Morgan fingerprint density at radius 3 is 2.57 bits per heavy atom. The number of hydrogen-bond acceptors (Lipinski definition) is 3. The van der Waals surface area contributed by atoms with E-state index in [1.807, 2.05) is 6.92 Å². The number of hydrogen-bond donors (Lipinski definition) is 2. The minimum Gasteiger partial charge on any atom is -0.388 e. The van der Waals surface area contributed by atoms with E-state index in [0.29, 0.717) is 12.5 Å². The fraction of sp³-hybridized carbons (Fsp3) is 0.900. The van der Waals surface area contributed by atoms with Crippen molar-refractivity contribution >= 4 is 5.84 Å². The Morgan fingerprint density at radius 1 is 1.50 bits per heavy atom. The zero-order chi connectivity index (χ0) is 11.0. The summed E-state index contributed by atoms with van der Waals surface area (Å²) in [6.07, 6.45) is 0.639. The van der Waals surface area contributed by atoms with E-state index in [0.717, 1.165) is 26.3 Å². The molecule has 14 heavy (non-hydrogen) atoms. The van der Waals surface area contributed by atoms with Gasteiger partial charge in [0.05, 0.1) is 12.4 Å². The van der Waals surface area contributed by atoms with Crippen molar-refractivity contribution in [1.29, 1.82) is 5.41 Å². The largest absolute Gasteiger partial charge is 0.388 e. The van der Waals surface area contributed by atoms with Gasteiger partial charge in [-0.05, 0) is 20.4 Å². The van der Waals surface area contributed by atoms with Crippen LogP contribution in [0, 0.1) is 5.41 Å². The number of nitrogens with one attached hydrogen (secondary N) is 1. The van der Waals surface area contributed by atoms with Crippen LogP contribution in [0.15, 0.2) is 0 Å². The van der Waals surface area contributed by atoms with Crippen molar-refractivity contribution < 1.29 is 4.74 Å². The van der Waals surface area contributed by atoms with Crippen LogP contribution in [0.4, 0.5) is 0 Å². The fourth-order valence-corrected chi connectivity index (χ4v) is 1.46. The van der Waals surface area contributed by atoms with Gasteiger partial charge in [0, 0.05) is 25.6 Å². The molecular formula is C10H23N3O. The van der Waals surface area contributed by atoms with Crippen molar-refractivity contribution in [2.45, 2.75) is 33.2 Å². The summed E-state index contributed by atoms with van der Waals surface area (Å²) in [6.45, 7) is 9.61. The molecule has 0 aliphatic rings. The third-order valence-corrected chi connectivity index (χ3v) is 2.27. The minimum absolute atomic E-state index is 0.257. The lowest BCUT2D eigenvalue weighted by molar-refractivity contribution is 0.101. The topological polar surface area (TPSA) is 62.3 Å². The monoisotopic (exact) mass is 201 g/mol. The third-order valence-electron chi connectivity index (χ3n) is 2.27. The Hall–Kier alpha value is -0.610. The van der Waals surface area contributed by atoms with Crippen LogP contribution in [0.3, 0.4) is 0 Å². The number of nitrogens with zero attached hydrogens (tertiary/aromatic N) is 1. The van der Waals surface area contributed by atoms with E-state index >= 15 is 0 Å². The van der Waals surface area contributed by atoms with E-state index in [2.05, 4.69) is 18.7 Å². The van der Waals surface area contributed by atoms with Crippen molar-refractivity contribution in [3.05, 3.63) is 0 Å². The van der Waals surface area contributed by atoms with Gasteiger partial charge in [0.25, 0.3) is 0 Å². The summed E-state index contributed by atoms with van der Waals surface area (Å²) in [6, 6.07) is 0.331. The van der Waals surface area contributed by atoms with Crippen LogP contribution in [0.2, 0.25) is 0 Å². The molecule has 0 saturated heterocycles. The molecule has 0 saturated carbocycles. The van der Waals surface area contributed by atoms with Gasteiger partial charge in [-0.2, -0.15) is 0 Å². The van der Waals surface area contributed by atoms with Crippen molar-refractivity contribution in [2.75, 3.05) is 26.3 Å². The molecule has 0 aromatic heterocycles. The van der Waals surface area contributed by atoms with E-state index in [1.165, 1.54) is 0 Å². The van der Waals surface area contributed by atoms with E-state index in [-0.39, 0.29) is 5.84 Å². The summed E-state index contributed by atoms with van der Waals surface area (Å²) in [5.41, 5.74) is 5.37. The molecule has 4 nitrogen and oxygen atoms in total. The molecule has 0 rings (SSSR count). The molecule has 0 aliphatic carbocycles. The number of nitrogens with two attached hydrogens (primary N) is 1. The first-order chi connectivity index (χ1) is 6.61. The van der Waals surface area contributed by atoms with E-state index in [1.54, 1.807) is 0 Å². The highest BCUT2D eigenvalue weighted by molar-refractivity contribution is 5.77. The lowest BCUT2D eigenvalue weighted by Crippen LogP contribution is -2.38. The molecule has 0 bridgehead atoms. The SMILES string of the molecule is CCOCCN(CC)C(C)CC(=N)N. The van der Waals surface area contributed by atoms with Gasteiger partial charge >= 0.3 is 0 Å². The van der Waals surface area contributed by atoms with Crippen LogP contribution < -0.4 is 5.73 Å². The average molecular weight is 201 g/mol. The first kappa shape index (κ1) is 13.4. The highest BCUT2D eigenvalue weighted by atomic mass is 16.5. The summed E-state index contributed by atoms with van der Waals surface area (Å²) in [5, 5.41) is 7.23. The van der Waals surface area contributed by atoms with Gasteiger partial charge in [0.15, 0.2) is 0 Å². The number of amidine groups is 1. The molecule has 0 aromatic carbocycles. The van der Waals surface area contributed by atoms with Crippen LogP contribution in [-0.4, -0.2) is 43.1 Å². The first-order valence-electron chi connectivity index (χ1n) is 5.26. The maximum Gasteiger partial charge on any atom is 0.0920 e. The maximum atomic E-state index is 7.23. The highest BCUT2D eigenvalue weighted by Crippen LogP contribution is 2.02. The zero-order valence-corrected chi connectivity index (χ0v) is 9.55. The quantitative estimate of drug-likeness (QED) is 0.351. The van der Waals surface area contributed by atoms with Crippen LogP contribution >= 0.6 is 0 Å². The highest BCUT2D eigenvalue weighted by Gasteiger charge is 2.12. The molecule has 3 N–H and O–H groups in total. The molecule has 0 fully saturated rings. The number of rotatable bonds is 8.